The van der Waals surface area contributed by atoms with Gasteiger partial charge in [-0.2, -0.15) is 0 Å². The maximum Gasteiger partial charge on any atom is 0.311 e. The van der Waals surface area contributed by atoms with E-state index >= 15 is 0 Å². The van der Waals surface area contributed by atoms with Gasteiger partial charge in [-0.25, -0.2) is 8.42 Å². The van der Waals surface area contributed by atoms with Crippen molar-refractivity contribution in [1.82, 2.24) is 4.90 Å². The normalized spacial score (nSPS) is 16.0. The number of nitrogens with zero attached hydrogens (tertiary/aromatic N) is 3. The maximum atomic E-state index is 11.3. The lowest BCUT2D eigenvalue weighted by molar-refractivity contribution is -0.385. The second kappa shape index (κ2) is 8.01. The number of sulfone groups is 1. The molecule has 0 aromatic heterocycles. The Balaban J connectivity index is 2.13. The summed E-state index contributed by atoms with van der Waals surface area (Å²) in [5.74, 6) is 0.426. The van der Waals surface area contributed by atoms with E-state index in [0.717, 1.165) is 37.4 Å². The fourth-order valence-corrected chi connectivity index (χ4v) is 3.58. The predicted molar refractivity (Wildman–Crippen MR) is 97.4 cm³/mol. The molecule has 0 saturated carbocycles. The van der Waals surface area contributed by atoms with Crippen LogP contribution < -0.4 is 9.64 Å². The lowest BCUT2D eigenvalue weighted by Gasteiger charge is -2.37. The maximum absolute atomic E-state index is 11.3. The number of nitro groups is 1. The van der Waals surface area contributed by atoms with Crippen LogP contribution in [0.25, 0.3) is 0 Å². The average molecular weight is 371 g/mol. The Labute approximate surface area is 148 Å². The molecule has 1 saturated heterocycles. The highest BCUT2D eigenvalue weighted by atomic mass is 32.2. The molecule has 9 heteroatoms. The first kappa shape index (κ1) is 19.5. The lowest BCUT2D eigenvalue weighted by atomic mass is 10.1. The molecule has 2 rings (SSSR count). The minimum absolute atomic E-state index is 0.0186. The molecular weight excluding hydrogens is 346 g/mol. The molecule has 1 heterocycles. The van der Waals surface area contributed by atoms with Crippen LogP contribution in [0.2, 0.25) is 0 Å². The van der Waals surface area contributed by atoms with Crippen LogP contribution in [0.4, 0.5) is 11.4 Å². The molecule has 0 atom stereocenters. The number of piperazine rings is 1. The van der Waals surface area contributed by atoms with Crippen LogP contribution in [-0.2, 0) is 16.3 Å². The summed E-state index contributed by atoms with van der Waals surface area (Å²) in [6, 6.07) is 3.33. The van der Waals surface area contributed by atoms with Crippen molar-refractivity contribution in [2.24, 2.45) is 0 Å². The van der Waals surface area contributed by atoms with Crippen molar-refractivity contribution in [2.75, 3.05) is 56.7 Å². The quantitative estimate of drug-likeness (QED) is 0.527. The molecule has 25 heavy (non-hydrogen) atoms. The van der Waals surface area contributed by atoms with E-state index in [1.807, 2.05) is 6.92 Å². The zero-order valence-electron chi connectivity index (χ0n) is 14.9. The van der Waals surface area contributed by atoms with E-state index in [4.69, 9.17) is 4.74 Å². The zero-order valence-corrected chi connectivity index (χ0v) is 15.7. The number of benzene rings is 1. The number of rotatable bonds is 7. The van der Waals surface area contributed by atoms with E-state index in [2.05, 4.69) is 9.80 Å². The van der Waals surface area contributed by atoms with Crippen molar-refractivity contribution in [3.63, 3.8) is 0 Å². The van der Waals surface area contributed by atoms with Gasteiger partial charge in [-0.15, -0.1) is 0 Å². The van der Waals surface area contributed by atoms with Crippen LogP contribution >= 0.6 is 0 Å². The summed E-state index contributed by atoms with van der Waals surface area (Å²) < 4.78 is 27.8. The fraction of sp³-hybridized carbons (Fsp3) is 0.625. The van der Waals surface area contributed by atoms with Gasteiger partial charge in [0.15, 0.2) is 5.75 Å². The first-order valence-corrected chi connectivity index (χ1v) is 10.3. The number of hydrogen-bond acceptors (Lipinski definition) is 7. The Bertz CT molecular complexity index is 728. The van der Waals surface area contributed by atoms with E-state index in [9.17, 15) is 18.5 Å². The molecule has 0 bridgehead atoms. The molecule has 1 fully saturated rings. The monoisotopic (exact) mass is 371 g/mol. The molecule has 0 spiro atoms. The summed E-state index contributed by atoms with van der Waals surface area (Å²) in [6.45, 7) is 5.53. The third kappa shape index (κ3) is 5.05. The molecule has 1 aromatic carbocycles. The number of nitro benzene ring substituents is 1. The highest BCUT2D eigenvalue weighted by Crippen LogP contribution is 2.35. The summed E-state index contributed by atoms with van der Waals surface area (Å²) >= 11 is 0. The van der Waals surface area contributed by atoms with Crippen molar-refractivity contribution in [2.45, 2.75) is 13.3 Å². The van der Waals surface area contributed by atoms with Crippen molar-refractivity contribution < 1.29 is 18.1 Å². The van der Waals surface area contributed by atoms with E-state index < -0.39 is 14.8 Å². The highest BCUT2D eigenvalue weighted by molar-refractivity contribution is 7.90. The standard InChI is InChI=1S/C16H25N3O5S/c1-4-13-11-15(19(20)21)16(24-2)12-14(13)18-7-5-17(6-8-18)9-10-25(3,22)23/h11-12H,4-10H2,1-3H3. The highest BCUT2D eigenvalue weighted by Gasteiger charge is 2.24. The van der Waals surface area contributed by atoms with E-state index in [0.29, 0.717) is 13.0 Å². The summed E-state index contributed by atoms with van der Waals surface area (Å²) in [6.07, 6.45) is 1.94. The molecule has 1 aromatic rings. The van der Waals surface area contributed by atoms with Crippen LogP contribution in [0.5, 0.6) is 5.75 Å². The number of hydrogen-bond donors (Lipinski definition) is 0. The number of methoxy groups -OCH3 is 1. The molecule has 0 N–H and O–H groups in total. The number of anilines is 1. The molecule has 0 radical (unpaired) electrons. The van der Waals surface area contributed by atoms with Gasteiger partial charge in [0.2, 0.25) is 0 Å². The van der Waals surface area contributed by atoms with Gasteiger partial charge in [-0.05, 0) is 12.0 Å². The van der Waals surface area contributed by atoms with Gasteiger partial charge < -0.3 is 9.64 Å². The summed E-state index contributed by atoms with van der Waals surface area (Å²) in [5.41, 5.74) is 1.85. The smallest absolute Gasteiger partial charge is 0.311 e. The van der Waals surface area contributed by atoms with Crippen LogP contribution in [0.3, 0.4) is 0 Å². The average Bonchev–Trinajstić information content (AvgIpc) is 2.58. The third-order valence-electron chi connectivity index (χ3n) is 4.45. The predicted octanol–water partition coefficient (Wildman–Crippen LogP) is 1.33. The van der Waals surface area contributed by atoms with Gasteiger partial charge in [-0.1, -0.05) is 6.92 Å². The number of aryl methyl sites for hydroxylation is 1. The Morgan fingerprint density at radius 3 is 2.36 bits per heavy atom. The second-order valence-corrected chi connectivity index (χ2v) is 8.48. The molecule has 1 aliphatic heterocycles. The second-order valence-electron chi connectivity index (χ2n) is 6.22. The molecule has 0 unspecified atom stereocenters. The molecule has 1 aliphatic rings. The Morgan fingerprint density at radius 2 is 1.88 bits per heavy atom. The summed E-state index contributed by atoms with van der Waals surface area (Å²) in [5, 5.41) is 11.2. The molecule has 0 aliphatic carbocycles. The van der Waals surface area contributed by atoms with Gasteiger partial charge in [0, 0.05) is 56.8 Å². The molecular formula is C16H25N3O5S. The van der Waals surface area contributed by atoms with Crippen molar-refractivity contribution in [1.29, 1.82) is 0 Å². The van der Waals surface area contributed by atoms with Gasteiger partial charge in [0.25, 0.3) is 0 Å². The Hall–Kier alpha value is -1.87. The van der Waals surface area contributed by atoms with Crippen molar-refractivity contribution >= 4 is 21.2 Å². The summed E-state index contributed by atoms with van der Waals surface area (Å²) in [7, 11) is -1.53. The van der Waals surface area contributed by atoms with Crippen LogP contribution in [0, 0.1) is 10.1 Å². The number of ether oxygens (including phenoxy) is 1. The van der Waals surface area contributed by atoms with Gasteiger partial charge in [-0.3, -0.25) is 15.0 Å². The molecule has 0 amide bonds. The van der Waals surface area contributed by atoms with Crippen molar-refractivity contribution in [3.8, 4) is 5.75 Å². The first-order valence-electron chi connectivity index (χ1n) is 8.25. The lowest BCUT2D eigenvalue weighted by Crippen LogP contribution is -2.47. The van der Waals surface area contributed by atoms with E-state index in [-0.39, 0.29) is 17.2 Å². The first-order chi connectivity index (χ1) is 11.7. The van der Waals surface area contributed by atoms with Crippen molar-refractivity contribution in [3.05, 3.63) is 27.8 Å². The topological polar surface area (TPSA) is 93.0 Å². The van der Waals surface area contributed by atoms with E-state index in [1.54, 1.807) is 12.1 Å². The van der Waals surface area contributed by atoms with Gasteiger partial charge in [0.1, 0.15) is 9.84 Å². The Morgan fingerprint density at radius 1 is 1.24 bits per heavy atom. The largest absolute Gasteiger partial charge is 0.490 e. The van der Waals surface area contributed by atoms with Crippen LogP contribution in [-0.4, -0.2) is 70.1 Å². The van der Waals surface area contributed by atoms with E-state index in [1.165, 1.54) is 13.4 Å². The third-order valence-corrected chi connectivity index (χ3v) is 5.37. The minimum atomic E-state index is -2.96. The van der Waals surface area contributed by atoms with Crippen LogP contribution in [0.1, 0.15) is 12.5 Å². The minimum Gasteiger partial charge on any atom is -0.490 e. The summed E-state index contributed by atoms with van der Waals surface area (Å²) in [4.78, 5) is 15.1. The molecule has 8 nitrogen and oxygen atoms in total. The fourth-order valence-electron chi connectivity index (χ4n) is 2.99. The van der Waals surface area contributed by atoms with Gasteiger partial charge in [0.05, 0.1) is 17.8 Å². The zero-order chi connectivity index (χ0) is 18.6. The Kier molecular flexibility index (Phi) is 6.23. The molecule has 140 valence electrons. The van der Waals surface area contributed by atoms with Crippen LogP contribution in [0.15, 0.2) is 12.1 Å². The van der Waals surface area contributed by atoms with Gasteiger partial charge >= 0.3 is 5.69 Å². The SMILES string of the molecule is CCc1cc([N+](=O)[O-])c(OC)cc1N1CCN(CCS(C)(=O)=O)CC1.